The van der Waals surface area contributed by atoms with Gasteiger partial charge in [0, 0.05) is 48.8 Å². The predicted molar refractivity (Wildman–Crippen MR) is 183 cm³/mol. The Hall–Kier alpha value is -4.12. The van der Waals surface area contributed by atoms with Gasteiger partial charge in [-0.05, 0) is 72.5 Å². The summed E-state index contributed by atoms with van der Waals surface area (Å²) in [4.78, 5) is 32.1. The number of aryl methyl sites for hydroxylation is 2. The Morgan fingerprint density at radius 2 is 1.04 bits per heavy atom. The van der Waals surface area contributed by atoms with Crippen LogP contribution in [0.25, 0.3) is 33.8 Å². The molecule has 0 bridgehead atoms. The number of carbonyl (C=O) groups is 2. The molecule has 0 aliphatic carbocycles. The fourth-order valence-corrected chi connectivity index (χ4v) is 5.92. The van der Waals surface area contributed by atoms with Crippen LogP contribution < -0.4 is 10.6 Å². The van der Waals surface area contributed by atoms with Crippen molar-refractivity contribution in [3.05, 3.63) is 107 Å². The van der Waals surface area contributed by atoms with E-state index < -0.39 is 0 Å². The van der Waals surface area contributed by atoms with Crippen LogP contribution in [-0.2, 0) is 22.4 Å². The lowest BCUT2D eigenvalue weighted by Gasteiger charge is -2.18. The second-order valence-electron chi connectivity index (χ2n) is 10.3. The van der Waals surface area contributed by atoms with E-state index in [0.717, 1.165) is 56.3 Å². The minimum Gasteiger partial charge on any atom is -0.412 e. The number of imidazole rings is 2. The second kappa shape index (κ2) is 13.9. The number of nitrogens with zero attached hydrogens (tertiary/aromatic N) is 4. The molecular weight excluding hydrogens is 658 g/mol. The molecule has 4 aromatic heterocycles. The van der Waals surface area contributed by atoms with Crippen molar-refractivity contribution >= 4 is 82.5 Å². The molecular formula is C32H28Cl4N6O3. The van der Waals surface area contributed by atoms with Crippen molar-refractivity contribution in [2.24, 2.45) is 0 Å². The van der Waals surface area contributed by atoms with Crippen molar-refractivity contribution in [3.8, 4) is 22.5 Å². The highest BCUT2D eigenvalue weighted by atomic mass is 35.5. The number of pyridine rings is 2. The summed E-state index contributed by atoms with van der Waals surface area (Å²) in [6, 6.07) is 19.6. The summed E-state index contributed by atoms with van der Waals surface area (Å²) in [7, 11) is 0. The lowest BCUT2D eigenvalue weighted by atomic mass is 9.99. The molecule has 6 aromatic rings. The quantitative estimate of drug-likeness (QED) is 0.202. The maximum Gasteiger partial charge on any atom is 0.224 e. The van der Waals surface area contributed by atoms with Gasteiger partial charge in [-0.15, -0.1) is 24.8 Å². The minimum atomic E-state index is 0. The van der Waals surface area contributed by atoms with E-state index in [2.05, 4.69) is 32.7 Å². The first-order valence-corrected chi connectivity index (χ1v) is 14.3. The molecule has 45 heavy (non-hydrogen) atoms. The van der Waals surface area contributed by atoms with E-state index in [-0.39, 0.29) is 42.1 Å². The molecule has 0 radical (unpaired) electrons. The summed E-state index contributed by atoms with van der Waals surface area (Å²) < 4.78 is 3.95. The van der Waals surface area contributed by atoms with Gasteiger partial charge in [-0.25, -0.2) is 9.97 Å². The van der Waals surface area contributed by atoms with E-state index >= 15 is 0 Å². The van der Waals surface area contributed by atoms with Crippen molar-refractivity contribution in [2.45, 2.75) is 25.7 Å². The molecule has 6 heterocycles. The van der Waals surface area contributed by atoms with Gasteiger partial charge < -0.3 is 24.9 Å². The number of rotatable bonds is 2. The Labute approximate surface area is 280 Å². The Morgan fingerprint density at radius 3 is 1.44 bits per heavy atom. The maximum absolute atomic E-state index is 11.5. The van der Waals surface area contributed by atoms with Gasteiger partial charge in [0.25, 0.3) is 0 Å². The highest BCUT2D eigenvalue weighted by molar-refractivity contribution is 6.35. The third kappa shape index (κ3) is 6.78. The normalized spacial score (nSPS) is 13.1. The Balaban J connectivity index is 0.000000192. The molecule has 0 unspecified atom stereocenters. The highest BCUT2D eigenvalue weighted by Gasteiger charge is 2.20. The van der Waals surface area contributed by atoms with E-state index in [1.165, 1.54) is 0 Å². The number of nitrogens with one attached hydrogen (secondary N) is 2. The van der Waals surface area contributed by atoms with Crippen molar-refractivity contribution in [3.63, 3.8) is 0 Å². The van der Waals surface area contributed by atoms with Crippen LogP contribution >= 0.6 is 48.0 Å². The predicted octanol–water partition coefficient (Wildman–Crippen LogP) is 7.10. The molecule has 0 saturated heterocycles. The number of amides is 2. The first kappa shape index (κ1) is 33.8. The zero-order valence-corrected chi connectivity index (χ0v) is 26.7. The van der Waals surface area contributed by atoms with Crippen LogP contribution in [-0.4, -0.2) is 36.1 Å². The number of halogens is 4. The Bertz CT molecular complexity index is 1830. The molecule has 2 aliphatic rings. The highest BCUT2D eigenvalue weighted by Crippen LogP contribution is 2.36. The molecule has 0 fully saturated rings. The summed E-state index contributed by atoms with van der Waals surface area (Å²) >= 11 is 12.6. The number of benzene rings is 2. The molecule has 2 aliphatic heterocycles. The lowest BCUT2D eigenvalue weighted by Crippen LogP contribution is -2.19. The van der Waals surface area contributed by atoms with Crippen LogP contribution in [0.5, 0.6) is 0 Å². The van der Waals surface area contributed by atoms with Crippen molar-refractivity contribution < 1.29 is 15.1 Å². The molecule has 4 N–H and O–H groups in total. The van der Waals surface area contributed by atoms with Crippen LogP contribution in [0.3, 0.4) is 0 Å². The van der Waals surface area contributed by atoms with Gasteiger partial charge in [-0.1, -0.05) is 35.3 Å². The fourth-order valence-electron chi connectivity index (χ4n) is 5.35. The standard InChI is InChI=1S/2C16H12ClN3O.2ClH.H2O/c2*17-12-8-11(7-10-4-5-15(21)19-16(10)12)13-9-20-6-2-1-3-14(20)18-13;;;/h2*1-3,6-9H,4-5H2,(H,19,21);2*1H;1H2. The topological polar surface area (TPSA) is 124 Å². The number of hydrogen-bond donors (Lipinski definition) is 2. The van der Waals surface area contributed by atoms with Gasteiger partial charge in [0.15, 0.2) is 0 Å². The molecule has 0 atom stereocenters. The van der Waals surface area contributed by atoms with Gasteiger partial charge in [0.1, 0.15) is 11.3 Å². The average Bonchev–Trinajstić information content (AvgIpc) is 3.63. The van der Waals surface area contributed by atoms with Gasteiger partial charge in [-0.2, -0.15) is 0 Å². The van der Waals surface area contributed by atoms with E-state index in [0.29, 0.717) is 35.7 Å². The first-order chi connectivity index (χ1) is 20.4. The van der Waals surface area contributed by atoms with Gasteiger partial charge in [-0.3, -0.25) is 9.59 Å². The number of anilines is 2. The Kier molecular flexibility index (Phi) is 10.4. The average molecular weight is 686 g/mol. The Morgan fingerprint density at radius 1 is 0.622 bits per heavy atom. The van der Waals surface area contributed by atoms with Gasteiger partial charge >= 0.3 is 0 Å². The van der Waals surface area contributed by atoms with E-state index in [1.54, 1.807) is 0 Å². The molecule has 13 heteroatoms. The van der Waals surface area contributed by atoms with Crippen LogP contribution in [0.15, 0.2) is 85.5 Å². The maximum atomic E-state index is 11.5. The van der Waals surface area contributed by atoms with Crippen LogP contribution in [0.1, 0.15) is 24.0 Å². The third-order valence-corrected chi connectivity index (χ3v) is 8.03. The summed E-state index contributed by atoms with van der Waals surface area (Å²) in [5.41, 5.74) is 9.09. The summed E-state index contributed by atoms with van der Waals surface area (Å²) in [5.74, 6) is 0.0368. The summed E-state index contributed by atoms with van der Waals surface area (Å²) in [6.07, 6.45) is 10.3. The van der Waals surface area contributed by atoms with Gasteiger partial charge in [0.05, 0.1) is 32.8 Å². The first-order valence-electron chi connectivity index (χ1n) is 13.5. The van der Waals surface area contributed by atoms with E-state index in [9.17, 15) is 9.59 Å². The van der Waals surface area contributed by atoms with E-state index in [1.807, 2.05) is 82.1 Å². The largest absolute Gasteiger partial charge is 0.412 e. The van der Waals surface area contributed by atoms with Crippen molar-refractivity contribution in [1.82, 2.24) is 18.8 Å². The van der Waals surface area contributed by atoms with Crippen LogP contribution in [0.2, 0.25) is 10.0 Å². The number of hydrogen-bond acceptors (Lipinski definition) is 4. The number of fused-ring (bicyclic) bond motifs is 4. The van der Waals surface area contributed by atoms with Crippen LogP contribution in [0.4, 0.5) is 11.4 Å². The van der Waals surface area contributed by atoms with Crippen molar-refractivity contribution in [1.29, 1.82) is 0 Å². The zero-order valence-electron chi connectivity index (χ0n) is 23.6. The molecule has 232 valence electrons. The molecule has 0 saturated carbocycles. The molecule has 9 nitrogen and oxygen atoms in total. The summed E-state index contributed by atoms with van der Waals surface area (Å²) in [6.45, 7) is 0. The van der Waals surface area contributed by atoms with Crippen LogP contribution in [0, 0.1) is 0 Å². The lowest BCUT2D eigenvalue weighted by molar-refractivity contribution is -0.117. The zero-order chi connectivity index (χ0) is 28.8. The minimum absolute atomic E-state index is 0. The molecule has 2 aromatic carbocycles. The second-order valence-corrected chi connectivity index (χ2v) is 11.1. The van der Waals surface area contributed by atoms with E-state index in [4.69, 9.17) is 23.2 Å². The molecule has 0 spiro atoms. The SMILES string of the molecule is Cl.Cl.O.O=C1CCc2cc(-c3cn4ccccc4n3)cc(Cl)c2N1.O=C1CCc2cc(-c3cn4ccccc4n3)cc(Cl)c2N1. The smallest absolute Gasteiger partial charge is 0.224 e. The molecule has 2 amide bonds. The summed E-state index contributed by atoms with van der Waals surface area (Å²) in [5, 5.41) is 6.80. The molecule has 8 rings (SSSR count). The number of aromatic nitrogens is 4. The number of carbonyl (C=O) groups excluding carboxylic acids is 2. The fraction of sp³-hybridized carbons (Fsp3) is 0.125. The monoisotopic (exact) mass is 684 g/mol. The third-order valence-electron chi connectivity index (χ3n) is 7.43. The van der Waals surface area contributed by atoms with Crippen molar-refractivity contribution in [2.75, 3.05) is 10.6 Å². The van der Waals surface area contributed by atoms with Gasteiger partial charge in [0.2, 0.25) is 11.8 Å².